The number of nitrogens with two attached hydrogens (primary N) is 2. The normalized spacial score (nSPS) is 19.5. The number of primary amides is 2. The van der Waals surface area contributed by atoms with Gasteiger partial charge in [-0.2, -0.15) is 0 Å². The molecule has 0 spiro atoms. The van der Waals surface area contributed by atoms with Crippen LogP contribution in [0.4, 0.5) is 0 Å². The van der Waals surface area contributed by atoms with Crippen molar-refractivity contribution in [2.45, 2.75) is 38.1 Å². The van der Waals surface area contributed by atoms with Crippen LogP contribution >= 0.6 is 0 Å². The molecule has 13 heteroatoms. The average molecular weight is 516 g/mol. The Balaban J connectivity index is 1.68. The van der Waals surface area contributed by atoms with Gasteiger partial charge in [0.25, 0.3) is 17.7 Å². The second kappa shape index (κ2) is 10.1. The van der Waals surface area contributed by atoms with E-state index in [1.54, 1.807) is 6.07 Å². The summed E-state index contributed by atoms with van der Waals surface area (Å²) in [5, 5.41) is 24.2. The lowest BCUT2D eigenvalue weighted by Crippen LogP contribution is -2.63. The summed E-state index contributed by atoms with van der Waals surface area (Å²) in [6, 6.07) is 2.96. The number of rotatable bonds is 8. The number of nitrogens with zero attached hydrogens (tertiary/aromatic N) is 2. The van der Waals surface area contributed by atoms with Crippen LogP contribution in [-0.2, 0) is 32.0 Å². The standard InChI is InChI=1S/C24H29N5O8/c1-12(2)14-9-13(15(30)10-16(14)31)3-4-17-19(20(21(25)32)27-36-17)18-11-24(22(26)33,28-37-18)23(34)29-5-7-35-8-6-29/h9-12,28,30-31H,3-8H2,1-2H3,(H2,25,32)(H2,26,33). The van der Waals surface area contributed by atoms with Crippen molar-refractivity contribution < 1.29 is 38.7 Å². The quantitative estimate of drug-likeness (QED) is 0.299. The largest absolute Gasteiger partial charge is 0.508 e. The number of amides is 3. The van der Waals surface area contributed by atoms with Crippen molar-refractivity contribution >= 4 is 23.5 Å². The molecule has 37 heavy (non-hydrogen) atoms. The van der Waals surface area contributed by atoms with Gasteiger partial charge >= 0.3 is 0 Å². The molecule has 0 aliphatic carbocycles. The molecule has 1 saturated heterocycles. The highest BCUT2D eigenvalue weighted by Gasteiger charge is 2.51. The molecule has 2 aromatic rings. The number of carbonyl (C=O) groups is 3. The Bertz CT molecular complexity index is 1260. The first-order valence-corrected chi connectivity index (χ1v) is 11.7. The zero-order valence-corrected chi connectivity index (χ0v) is 20.4. The first kappa shape index (κ1) is 26.0. The van der Waals surface area contributed by atoms with E-state index < -0.39 is 23.3 Å². The van der Waals surface area contributed by atoms with Gasteiger partial charge in [-0.05, 0) is 29.5 Å². The fourth-order valence-corrected chi connectivity index (χ4v) is 4.33. The maximum absolute atomic E-state index is 13.2. The fourth-order valence-electron chi connectivity index (χ4n) is 4.33. The molecule has 1 aromatic heterocycles. The third-order valence-electron chi connectivity index (χ3n) is 6.41. The minimum atomic E-state index is -2.03. The van der Waals surface area contributed by atoms with Gasteiger partial charge in [0.15, 0.2) is 11.5 Å². The van der Waals surface area contributed by atoms with E-state index >= 15 is 0 Å². The summed E-state index contributed by atoms with van der Waals surface area (Å²) in [4.78, 5) is 44.7. The number of hydrogen-bond donors (Lipinski definition) is 5. The van der Waals surface area contributed by atoms with Gasteiger partial charge in [-0.3, -0.25) is 14.4 Å². The van der Waals surface area contributed by atoms with E-state index in [4.69, 9.17) is 25.6 Å². The maximum Gasteiger partial charge on any atom is 0.271 e. The summed E-state index contributed by atoms with van der Waals surface area (Å²) < 4.78 is 10.6. The van der Waals surface area contributed by atoms with Crippen molar-refractivity contribution in [1.29, 1.82) is 0 Å². The maximum atomic E-state index is 13.2. The van der Waals surface area contributed by atoms with Gasteiger partial charge in [0.05, 0.1) is 18.8 Å². The van der Waals surface area contributed by atoms with E-state index in [-0.39, 0.29) is 66.1 Å². The number of hydrogen-bond acceptors (Lipinski definition) is 10. The van der Waals surface area contributed by atoms with Crippen LogP contribution in [0.15, 0.2) is 22.7 Å². The lowest BCUT2D eigenvalue weighted by atomic mass is 9.94. The number of carbonyl (C=O) groups excluding carboxylic acids is 3. The molecule has 2 aliphatic rings. The Labute approximate surface area is 211 Å². The molecule has 13 nitrogen and oxygen atoms in total. The highest BCUT2D eigenvalue weighted by Crippen LogP contribution is 2.35. The summed E-state index contributed by atoms with van der Waals surface area (Å²) in [6.45, 7) is 4.95. The minimum Gasteiger partial charge on any atom is -0.508 e. The highest BCUT2D eigenvalue weighted by molar-refractivity contribution is 6.13. The number of benzene rings is 1. The molecule has 2 aliphatic heterocycles. The first-order valence-electron chi connectivity index (χ1n) is 11.7. The van der Waals surface area contributed by atoms with Crippen molar-refractivity contribution in [1.82, 2.24) is 15.5 Å². The van der Waals surface area contributed by atoms with E-state index in [1.165, 1.54) is 17.0 Å². The number of aryl methyl sites for hydroxylation is 2. The number of phenols is 2. The monoisotopic (exact) mass is 515 g/mol. The summed E-state index contributed by atoms with van der Waals surface area (Å²) in [6.07, 6.45) is 1.55. The van der Waals surface area contributed by atoms with Gasteiger partial charge in [-0.1, -0.05) is 19.0 Å². The lowest BCUT2D eigenvalue weighted by molar-refractivity contribution is -0.148. The number of aromatic hydroxyl groups is 2. The zero-order chi connectivity index (χ0) is 26.9. The van der Waals surface area contributed by atoms with Crippen LogP contribution in [0.25, 0.3) is 5.76 Å². The molecule has 0 radical (unpaired) electrons. The van der Waals surface area contributed by atoms with Gasteiger partial charge < -0.3 is 40.7 Å². The Kier molecular flexibility index (Phi) is 7.09. The summed E-state index contributed by atoms with van der Waals surface area (Å²) in [7, 11) is 0. The summed E-state index contributed by atoms with van der Waals surface area (Å²) in [5.74, 6) is -2.59. The second-order valence-electron chi connectivity index (χ2n) is 9.18. The van der Waals surface area contributed by atoms with Gasteiger partial charge in [0.1, 0.15) is 17.3 Å². The number of aromatic nitrogens is 1. The number of nitrogens with one attached hydrogen (secondary N) is 1. The topological polar surface area (TPSA) is 203 Å². The van der Waals surface area contributed by atoms with Gasteiger partial charge in [0.2, 0.25) is 5.54 Å². The first-order chi connectivity index (χ1) is 17.5. The van der Waals surface area contributed by atoms with E-state index in [1.807, 2.05) is 13.8 Å². The van der Waals surface area contributed by atoms with Crippen molar-refractivity contribution in [3.05, 3.63) is 46.4 Å². The lowest BCUT2D eigenvalue weighted by Gasteiger charge is -2.32. The molecule has 198 valence electrons. The van der Waals surface area contributed by atoms with Crippen LogP contribution in [0.1, 0.15) is 52.7 Å². The van der Waals surface area contributed by atoms with Crippen LogP contribution in [-0.4, -0.2) is 69.8 Å². The molecule has 1 aromatic carbocycles. The molecular formula is C24H29N5O8. The summed E-state index contributed by atoms with van der Waals surface area (Å²) in [5.41, 5.74) is 12.5. The third-order valence-corrected chi connectivity index (χ3v) is 6.41. The Morgan fingerprint density at radius 2 is 1.84 bits per heavy atom. The molecule has 7 N–H and O–H groups in total. The average Bonchev–Trinajstić information content (AvgIpc) is 3.49. The van der Waals surface area contributed by atoms with Crippen molar-refractivity contribution in [3.63, 3.8) is 0 Å². The Hall–Kier alpha value is -4.10. The highest BCUT2D eigenvalue weighted by atomic mass is 16.7. The molecule has 0 bridgehead atoms. The van der Waals surface area contributed by atoms with E-state index in [0.717, 1.165) is 0 Å². The third kappa shape index (κ3) is 4.82. The minimum absolute atomic E-state index is 0.00991. The van der Waals surface area contributed by atoms with Crippen LogP contribution < -0.4 is 16.9 Å². The van der Waals surface area contributed by atoms with E-state index in [0.29, 0.717) is 24.3 Å². The van der Waals surface area contributed by atoms with Gasteiger partial charge in [-0.15, -0.1) is 5.48 Å². The van der Waals surface area contributed by atoms with E-state index in [2.05, 4.69) is 10.6 Å². The van der Waals surface area contributed by atoms with E-state index in [9.17, 15) is 24.6 Å². The molecular weight excluding hydrogens is 486 g/mol. The van der Waals surface area contributed by atoms with Crippen LogP contribution in [0.5, 0.6) is 11.5 Å². The molecule has 1 atom stereocenters. The predicted molar refractivity (Wildman–Crippen MR) is 128 cm³/mol. The second-order valence-corrected chi connectivity index (χ2v) is 9.18. The number of morpholine rings is 1. The summed E-state index contributed by atoms with van der Waals surface area (Å²) >= 11 is 0. The van der Waals surface area contributed by atoms with Crippen molar-refractivity contribution in [2.75, 3.05) is 26.3 Å². The van der Waals surface area contributed by atoms with Gasteiger partial charge in [0, 0.05) is 31.7 Å². The number of phenolic OH excluding ortho intramolecular Hbond substituents is 2. The molecule has 3 heterocycles. The molecule has 4 rings (SSSR count). The fraction of sp³-hybridized carbons (Fsp3) is 0.417. The van der Waals surface area contributed by atoms with Gasteiger partial charge in [-0.25, -0.2) is 0 Å². The number of hydroxylamine groups is 1. The zero-order valence-electron chi connectivity index (χ0n) is 20.4. The SMILES string of the molecule is CC(C)c1cc(CCc2onc(C(N)=O)c2C2=CC(C(N)=O)(C(=O)N3CCOCC3)NO2)c(O)cc1O. The van der Waals surface area contributed by atoms with Crippen molar-refractivity contribution in [2.24, 2.45) is 11.5 Å². The number of ether oxygens (including phenoxy) is 1. The Morgan fingerprint density at radius 3 is 2.46 bits per heavy atom. The molecule has 1 fully saturated rings. The van der Waals surface area contributed by atoms with Crippen LogP contribution in [0, 0.1) is 0 Å². The van der Waals surface area contributed by atoms with Crippen molar-refractivity contribution in [3.8, 4) is 11.5 Å². The molecule has 1 unspecified atom stereocenters. The predicted octanol–water partition coefficient (Wildman–Crippen LogP) is 0.0519. The van der Waals surface area contributed by atoms with Crippen LogP contribution in [0.2, 0.25) is 0 Å². The Morgan fingerprint density at radius 1 is 1.14 bits per heavy atom. The van der Waals surface area contributed by atoms with Crippen LogP contribution in [0.3, 0.4) is 0 Å². The smallest absolute Gasteiger partial charge is 0.271 e. The molecule has 3 amide bonds. The molecule has 0 saturated carbocycles.